The largest absolute Gasteiger partial charge is 0.444 e. The second-order valence-corrected chi connectivity index (χ2v) is 8.09. The van der Waals surface area contributed by atoms with Crippen molar-refractivity contribution in [2.45, 2.75) is 51.9 Å². The van der Waals surface area contributed by atoms with Gasteiger partial charge in [0, 0.05) is 24.1 Å². The number of ketones is 1. The first-order valence-corrected chi connectivity index (χ1v) is 10.0. The second-order valence-electron chi connectivity index (χ2n) is 8.09. The highest BCUT2D eigenvalue weighted by atomic mass is 16.6. The summed E-state index contributed by atoms with van der Waals surface area (Å²) >= 11 is 0. The Bertz CT molecular complexity index is 850. The molecule has 1 aromatic carbocycles. The van der Waals surface area contributed by atoms with Gasteiger partial charge in [0.15, 0.2) is 12.0 Å². The first-order valence-electron chi connectivity index (χ1n) is 10.0. The van der Waals surface area contributed by atoms with E-state index in [0.29, 0.717) is 5.56 Å². The predicted molar refractivity (Wildman–Crippen MR) is 108 cm³/mol. The van der Waals surface area contributed by atoms with Gasteiger partial charge in [0.25, 0.3) is 0 Å². The summed E-state index contributed by atoms with van der Waals surface area (Å²) < 4.78 is 18.2. The summed E-state index contributed by atoms with van der Waals surface area (Å²) in [5.74, 6) is -0.124. The van der Waals surface area contributed by atoms with Crippen LogP contribution in [0.2, 0.25) is 0 Å². The van der Waals surface area contributed by atoms with E-state index in [9.17, 15) is 9.59 Å². The highest BCUT2D eigenvalue weighted by molar-refractivity contribution is 6.00. The summed E-state index contributed by atoms with van der Waals surface area (Å²) in [6.45, 7) is 6.56. The normalized spacial score (nSPS) is 17.3. The van der Waals surface area contributed by atoms with E-state index < -0.39 is 11.7 Å². The molecule has 1 aromatic heterocycles. The maximum atomic E-state index is 12.5. The topological polar surface area (TPSA) is 91.7 Å². The van der Waals surface area contributed by atoms with Crippen LogP contribution in [-0.4, -0.2) is 53.6 Å². The molecule has 0 bridgehead atoms. The van der Waals surface area contributed by atoms with E-state index in [-0.39, 0.29) is 31.8 Å². The van der Waals surface area contributed by atoms with E-state index in [0.717, 1.165) is 36.8 Å². The van der Waals surface area contributed by atoms with Crippen molar-refractivity contribution in [1.82, 2.24) is 15.1 Å². The number of fused-ring (bicyclic) bond motifs is 1. The van der Waals surface area contributed by atoms with Gasteiger partial charge in [-0.3, -0.25) is 4.79 Å². The van der Waals surface area contributed by atoms with Crippen molar-refractivity contribution < 1.29 is 23.8 Å². The molecule has 1 saturated heterocycles. The fraction of sp³-hybridized carbons (Fsp3) is 0.571. The summed E-state index contributed by atoms with van der Waals surface area (Å²) in [5.41, 5.74) is 0.902. The molecule has 1 fully saturated rings. The van der Waals surface area contributed by atoms with Gasteiger partial charge in [0.05, 0.1) is 18.3 Å². The number of ether oxygens (including phenoxy) is 3. The third kappa shape index (κ3) is 6.01. The predicted octanol–water partition coefficient (Wildman–Crippen LogP) is 3.46. The zero-order valence-electron chi connectivity index (χ0n) is 17.3. The highest BCUT2D eigenvalue weighted by Crippen LogP contribution is 2.26. The Labute approximate surface area is 170 Å². The summed E-state index contributed by atoms with van der Waals surface area (Å²) in [5, 5.41) is 8.01. The molecule has 2 heterocycles. The van der Waals surface area contributed by atoms with E-state index >= 15 is 0 Å². The van der Waals surface area contributed by atoms with Crippen LogP contribution in [0.5, 0.6) is 0 Å². The third-order valence-corrected chi connectivity index (χ3v) is 4.50. The molecule has 2 aromatic rings. The maximum absolute atomic E-state index is 12.5. The number of Topliss-reactive ketones (excluding diaryl/α,β-unsaturated/α-hetero) is 1. The molecule has 1 aliphatic heterocycles. The van der Waals surface area contributed by atoms with Crippen LogP contribution in [0.15, 0.2) is 24.4 Å². The molecule has 0 aliphatic carbocycles. The smallest absolute Gasteiger partial charge is 0.407 e. The number of rotatable bonds is 7. The average molecular weight is 403 g/mol. The van der Waals surface area contributed by atoms with E-state index in [1.165, 1.54) is 0 Å². The molecule has 1 N–H and O–H groups in total. The molecular formula is C21H29N3O5. The molecule has 0 saturated carbocycles. The van der Waals surface area contributed by atoms with Crippen molar-refractivity contribution in [1.29, 1.82) is 0 Å². The number of nitrogens with zero attached hydrogens (tertiary/aromatic N) is 2. The molecule has 1 atom stereocenters. The monoisotopic (exact) mass is 403 g/mol. The van der Waals surface area contributed by atoms with Gasteiger partial charge in [-0.05, 0) is 46.1 Å². The molecule has 0 spiro atoms. The van der Waals surface area contributed by atoms with Crippen LogP contribution in [0.4, 0.5) is 4.79 Å². The molecule has 1 aliphatic rings. The van der Waals surface area contributed by atoms with Crippen LogP contribution in [-0.2, 0) is 14.2 Å². The SMILES string of the molecule is CC(C)(C)OC(=O)NCCOCC(=O)c1ccc2cnn(C3CCCCO3)c2c1. The first kappa shape index (κ1) is 21.3. The van der Waals surface area contributed by atoms with Gasteiger partial charge in [0.1, 0.15) is 12.2 Å². The number of alkyl carbamates (subject to hydrolysis) is 1. The lowest BCUT2D eigenvalue weighted by Crippen LogP contribution is -2.34. The number of hydrogen-bond acceptors (Lipinski definition) is 6. The molecule has 0 radical (unpaired) electrons. The van der Waals surface area contributed by atoms with Crippen LogP contribution in [0.25, 0.3) is 10.9 Å². The highest BCUT2D eigenvalue weighted by Gasteiger charge is 2.19. The summed E-state index contributed by atoms with van der Waals surface area (Å²) in [4.78, 5) is 24.0. The van der Waals surface area contributed by atoms with Gasteiger partial charge in [0.2, 0.25) is 0 Å². The van der Waals surface area contributed by atoms with Crippen molar-refractivity contribution in [3.05, 3.63) is 30.0 Å². The van der Waals surface area contributed by atoms with E-state index in [1.54, 1.807) is 33.0 Å². The number of aromatic nitrogens is 2. The second kappa shape index (κ2) is 9.37. The fourth-order valence-electron chi connectivity index (χ4n) is 3.15. The van der Waals surface area contributed by atoms with Gasteiger partial charge < -0.3 is 19.5 Å². The zero-order valence-corrected chi connectivity index (χ0v) is 17.3. The minimum Gasteiger partial charge on any atom is -0.444 e. The Balaban J connectivity index is 1.51. The lowest BCUT2D eigenvalue weighted by Gasteiger charge is -2.23. The molecular weight excluding hydrogens is 374 g/mol. The van der Waals surface area contributed by atoms with Gasteiger partial charge in [-0.1, -0.05) is 12.1 Å². The standard InChI is InChI=1S/C21H29N3O5/c1-21(2,3)29-20(26)22-9-11-27-14-18(25)15-7-8-16-13-23-24(17(16)12-15)19-6-4-5-10-28-19/h7-8,12-13,19H,4-6,9-11,14H2,1-3H3,(H,22,26). The van der Waals surface area contributed by atoms with Crippen LogP contribution in [0.3, 0.4) is 0 Å². The van der Waals surface area contributed by atoms with E-state index in [1.807, 2.05) is 16.8 Å². The van der Waals surface area contributed by atoms with Crippen molar-refractivity contribution in [2.24, 2.45) is 0 Å². The number of benzene rings is 1. The van der Waals surface area contributed by atoms with Crippen LogP contribution in [0.1, 0.15) is 56.6 Å². The van der Waals surface area contributed by atoms with E-state index in [2.05, 4.69) is 10.4 Å². The minimum absolute atomic E-state index is 0.0599. The van der Waals surface area contributed by atoms with Crippen molar-refractivity contribution >= 4 is 22.8 Å². The lowest BCUT2D eigenvalue weighted by molar-refractivity contribution is -0.0366. The van der Waals surface area contributed by atoms with Crippen molar-refractivity contribution in [3.63, 3.8) is 0 Å². The van der Waals surface area contributed by atoms with Gasteiger partial charge in [-0.15, -0.1) is 0 Å². The fourth-order valence-corrected chi connectivity index (χ4v) is 3.15. The summed E-state index contributed by atoms with van der Waals surface area (Å²) in [6, 6.07) is 5.50. The maximum Gasteiger partial charge on any atom is 0.407 e. The molecule has 1 amide bonds. The number of carbonyl (C=O) groups excluding carboxylic acids is 2. The summed E-state index contributed by atoms with van der Waals surface area (Å²) in [6.07, 6.45) is 4.30. The van der Waals surface area contributed by atoms with Crippen molar-refractivity contribution in [2.75, 3.05) is 26.4 Å². The number of carbonyl (C=O) groups is 2. The average Bonchev–Trinajstić information content (AvgIpc) is 3.10. The van der Waals surface area contributed by atoms with Gasteiger partial charge >= 0.3 is 6.09 Å². The van der Waals surface area contributed by atoms with E-state index in [4.69, 9.17) is 14.2 Å². The summed E-state index contributed by atoms with van der Waals surface area (Å²) in [7, 11) is 0. The van der Waals surface area contributed by atoms with Crippen LogP contribution in [0, 0.1) is 0 Å². The van der Waals surface area contributed by atoms with Crippen molar-refractivity contribution in [3.8, 4) is 0 Å². The molecule has 1 unspecified atom stereocenters. The van der Waals surface area contributed by atoms with Gasteiger partial charge in [-0.25, -0.2) is 9.48 Å². The third-order valence-electron chi connectivity index (χ3n) is 4.50. The Hall–Kier alpha value is -2.45. The minimum atomic E-state index is -0.547. The molecule has 8 heteroatoms. The molecule has 158 valence electrons. The first-order chi connectivity index (χ1) is 13.8. The lowest BCUT2D eigenvalue weighted by atomic mass is 10.1. The number of amides is 1. The molecule has 29 heavy (non-hydrogen) atoms. The molecule has 8 nitrogen and oxygen atoms in total. The Morgan fingerprint density at radius 2 is 2.14 bits per heavy atom. The Kier molecular flexibility index (Phi) is 6.87. The quantitative estimate of drug-likeness (QED) is 0.562. The van der Waals surface area contributed by atoms with Crippen LogP contribution >= 0.6 is 0 Å². The molecule has 3 rings (SSSR count). The number of hydrogen-bond donors (Lipinski definition) is 1. The Morgan fingerprint density at radius 1 is 1.31 bits per heavy atom. The van der Waals surface area contributed by atoms with Gasteiger partial charge in [-0.2, -0.15) is 5.10 Å². The van der Waals surface area contributed by atoms with Crippen LogP contribution < -0.4 is 5.32 Å². The Morgan fingerprint density at radius 3 is 2.86 bits per heavy atom. The zero-order chi connectivity index (χ0) is 20.9. The number of nitrogens with one attached hydrogen (secondary N) is 1.